The Hall–Kier alpha value is 0. The average molecular weight is 551 g/mol. The van der Waals surface area contributed by atoms with Gasteiger partial charge in [0.05, 0.1) is 0 Å². The van der Waals surface area contributed by atoms with E-state index in [-0.39, 0.29) is 7.43 Å². The smallest absolute Gasteiger partial charge is 0.0388 e. The van der Waals surface area contributed by atoms with Gasteiger partial charge in [-0.3, -0.25) is 0 Å². The van der Waals surface area contributed by atoms with Gasteiger partial charge in [-0.25, -0.2) is 0 Å². The third kappa shape index (κ3) is 19.7. The van der Waals surface area contributed by atoms with Gasteiger partial charge in [-0.05, 0) is 90.8 Å². The molecule has 0 nitrogen and oxygen atoms in total. The zero-order valence-corrected chi connectivity index (χ0v) is 29.3. The molecule has 0 N–H and O–H groups in total. The topological polar surface area (TPSA) is 0 Å². The standard InChI is InChI=1S/C22H44.C16H34.CH4/c1-7-19(5)21(8-2)14-10-17(3)9-13-20(6)22-15-11-18(4)12-16-22;1-12(2)15(6)10-8-9-14(5)11-16(7)13(3)4;/h17-22H,7-16H2,1-6H3;12-16H,8-11H2,1-7H3;1H4. The summed E-state index contributed by atoms with van der Waals surface area (Å²) >= 11 is 0. The fourth-order valence-corrected chi connectivity index (χ4v) is 6.65. The van der Waals surface area contributed by atoms with Gasteiger partial charge < -0.3 is 0 Å². The van der Waals surface area contributed by atoms with Crippen LogP contribution in [0.5, 0.6) is 0 Å². The van der Waals surface area contributed by atoms with Gasteiger partial charge >= 0.3 is 0 Å². The van der Waals surface area contributed by atoms with Gasteiger partial charge in [0.2, 0.25) is 0 Å². The minimum atomic E-state index is 0. The molecule has 0 amide bonds. The van der Waals surface area contributed by atoms with Crippen molar-refractivity contribution >= 4 is 0 Å². The normalized spacial score (nSPS) is 23.2. The molecule has 0 aromatic rings. The number of rotatable bonds is 18. The van der Waals surface area contributed by atoms with E-state index in [1.165, 1.54) is 89.9 Å². The second-order valence-electron chi connectivity index (χ2n) is 15.5. The van der Waals surface area contributed by atoms with Crippen LogP contribution < -0.4 is 0 Å². The van der Waals surface area contributed by atoms with Crippen LogP contribution in [-0.2, 0) is 0 Å². The summed E-state index contributed by atoms with van der Waals surface area (Å²) < 4.78 is 0. The molecule has 39 heavy (non-hydrogen) atoms. The van der Waals surface area contributed by atoms with E-state index in [0.29, 0.717) is 0 Å². The van der Waals surface area contributed by atoms with Crippen molar-refractivity contribution < 1.29 is 0 Å². The van der Waals surface area contributed by atoms with Gasteiger partial charge in [0.25, 0.3) is 0 Å². The minimum absolute atomic E-state index is 0. The molecule has 1 fully saturated rings. The molecule has 1 aliphatic carbocycles. The van der Waals surface area contributed by atoms with Crippen molar-refractivity contribution in [3.63, 3.8) is 0 Å². The second kappa shape index (κ2) is 23.6. The van der Waals surface area contributed by atoms with Crippen molar-refractivity contribution in [2.75, 3.05) is 0 Å². The molecule has 0 radical (unpaired) electrons. The lowest BCUT2D eigenvalue weighted by Gasteiger charge is -2.31. The third-order valence-electron chi connectivity index (χ3n) is 11.4. The molecule has 1 rings (SSSR count). The minimum Gasteiger partial charge on any atom is -0.0776 e. The molecule has 7 atom stereocenters. The Morgan fingerprint density at radius 1 is 0.538 bits per heavy atom. The van der Waals surface area contributed by atoms with Crippen molar-refractivity contribution in [3.05, 3.63) is 0 Å². The monoisotopic (exact) mass is 551 g/mol. The third-order valence-corrected chi connectivity index (χ3v) is 11.4. The Bertz CT molecular complexity index is 510. The molecular formula is C39H82. The molecule has 0 aliphatic heterocycles. The molecule has 1 saturated carbocycles. The Balaban J connectivity index is 0. The quantitative estimate of drug-likeness (QED) is 0.159. The molecule has 1 aliphatic rings. The van der Waals surface area contributed by atoms with Crippen LogP contribution in [0.4, 0.5) is 0 Å². The molecule has 0 aromatic heterocycles. The van der Waals surface area contributed by atoms with E-state index in [1.807, 2.05) is 0 Å². The molecule has 0 aromatic carbocycles. The summed E-state index contributed by atoms with van der Waals surface area (Å²) in [7, 11) is 0. The highest BCUT2D eigenvalue weighted by atomic mass is 14.3. The van der Waals surface area contributed by atoms with Crippen LogP contribution >= 0.6 is 0 Å². The summed E-state index contributed by atoms with van der Waals surface area (Å²) in [4.78, 5) is 0. The predicted molar refractivity (Wildman–Crippen MR) is 184 cm³/mol. The number of hydrogen-bond donors (Lipinski definition) is 0. The summed E-state index contributed by atoms with van der Waals surface area (Å²) in [5, 5.41) is 0. The Morgan fingerprint density at radius 2 is 1.08 bits per heavy atom. The molecule has 0 heterocycles. The molecule has 7 unspecified atom stereocenters. The fraction of sp³-hybridized carbons (Fsp3) is 1.00. The molecule has 0 heteroatoms. The lowest BCUT2D eigenvalue weighted by molar-refractivity contribution is 0.204. The lowest BCUT2D eigenvalue weighted by atomic mass is 9.75. The maximum atomic E-state index is 2.53. The summed E-state index contributed by atoms with van der Waals surface area (Å²) in [6.07, 6.45) is 20.2. The first kappa shape index (κ1) is 41.1. The van der Waals surface area contributed by atoms with Crippen molar-refractivity contribution in [2.45, 2.75) is 187 Å². The maximum absolute atomic E-state index is 2.53. The molecule has 0 saturated heterocycles. The number of hydrogen-bond acceptors (Lipinski definition) is 0. The largest absolute Gasteiger partial charge is 0.0776 e. The van der Waals surface area contributed by atoms with Crippen molar-refractivity contribution in [3.8, 4) is 0 Å². The summed E-state index contributed by atoms with van der Waals surface area (Å²) in [6.45, 7) is 31.2. The first-order valence-electron chi connectivity index (χ1n) is 17.8. The van der Waals surface area contributed by atoms with E-state index in [2.05, 4.69) is 90.0 Å². The zero-order chi connectivity index (χ0) is 29.3. The van der Waals surface area contributed by atoms with Gasteiger partial charge in [-0.15, -0.1) is 0 Å². The Morgan fingerprint density at radius 3 is 1.56 bits per heavy atom. The summed E-state index contributed by atoms with van der Waals surface area (Å²) in [6, 6.07) is 0. The van der Waals surface area contributed by atoms with Crippen LogP contribution in [0.2, 0.25) is 0 Å². The van der Waals surface area contributed by atoms with E-state index in [1.54, 1.807) is 0 Å². The summed E-state index contributed by atoms with van der Waals surface area (Å²) in [5.41, 5.74) is 0. The van der Waals surface area contributed by atoms with Crippen LogP contribution in [0.1, 0.15) is 187 Å². The Labute approximate surface area is 252 Å². The van der Waals surface area contributed by atoms with Crippen molar-refractivity contribution in [2.24, 2.45) is 65.1 Å². The first-order valence-corrected chi connectivity index (χ1v) is 17.8. The fourth-order valence-electron chi connectivity index (χ4n) is 6.65. The SMILES string of the molecule is C.CC(CCCC(C)C(C)C)CC(C)C(C)C.CCC(C)C(CC)CCC(C)CCC(C)C1CCC(C)CC1. The van der Waals surface area contributed by atoms with Crippen molar-refractivity contribution in [1.29, 1.82) is 0 Å². The van der Waals surface area contributed by atoms with Gasteiger partial charge in [0.15, 0.2) is 0 Å². The Kier molecular flexibility index (Phi) is 24.8. The van der Waals surface area contributed by atoms with E-state index >= 15 is 0 Å². The van der Waals surface area contributed by atoms with Crippen LogP contribution in [0.15, 0.2) is 0 Å². The van der Waals surface area contributed by atoms with E-state index in [9.17, 15) is 0 Å². The van der Waals surface area contributed by atoms with E-state index in [4.69, 9.17) is 0 Å². The van der Waals surface area contributed by atoms with Crippen molar-refractivity contribution in [1.82, 2.24) is 0 Å². The zero-order valence-electron chi connectivity index (χ0n) is 29.3. The highest BCUT2D eigenvalue weighted by Crippen LogP contribution is 2.36. The maximum Gasteiger partial charge on any atom is -0.0388 e. The molecule has 0 bridgehead atoms. The lowest BCUT2D eigenvalue weighted by Crippen LogP contribution is -2.19. The summed E-state index contributed by atoms with van der Waals surface area (Å²) in [5.74, 6) is 10.2. The van der Waals surface area contributed by atoms with Crippen LogP contribution in [0.3, 0.4) is 0 Å². The van der Waals surface area contributed by atoms with Crippen LogP contribution in [-0.4, -0.2) is 0 Å². The first-order chi connectivity index (χ1) is 17.8. The molecule has 238 valence electrons. The predicted octanol–water partition coefficient (Wildman–Crippen LogP) is 14.1. The average Bonchev–Trinajstić information content (AvgIpc) is 2.87. The highest BCUT2D eigenvalue weighted by molar-refractivity contribution is 4.75. The van der Waals surface area contributed by atoms with Gasteiger partial charge in [0, 0.05) is 0 Å². The highest BCUT2D eigenvalue weighted by Gasteiger charge is 2.23. The van der Waals surface area contributed by atoms with Gasteiger partial charge in [0.1, 0.15) is 0 Å². The molecule has 0 spiro atoms. The van der Waals surface area contributed by atoms with Gasteiger partial charge in [-0.1, -0.05) is 162 Å². The van der Waals surface area contributed by atoms with E-state index in [0.717, 1.165) is 65.1 Å². The van der Waals surface area contributed by atoms with Crippen LogP contribution in [0.25, 0.3) is 0 Å². The van der Waals surface area contributed by atoms with E-state index < -0.39 is 0 Å². The van der Waals surface area contributed by atoms with Gasteiger partial charge in [-0.2, -0.15) is 0 Å². The second-order valence-corrected chi connectivity index (χ2v) is 15.5. The van der Waals surface area contributed by atoms with Crippen LogP contribution in [0, 0.1) is 65.1 Å². The molecular weight excluding hydrogens is 468 g/mol.